The van der Waals surface area contributed by atoms with Gasteiger partial charge in [-0.05, 0) is 50.6 Å². The lowest BCUT2D eigenvalue weighted by atomic mass is 10.0. The van der Waals surface area contributed by atoms with Gasteiger partial charge in [-0.1, -0.05) is 11.6 Å². The topological polar surface area (TPSA) is 53.2 Å². The number of piperidine rings is 1. The number of urea groups is 1. The zero-order chi connectivity index (χ0) is 13.0. The van der Waals surface area contributed by atoms with Crippen LogP contribution in [0.15, 0.2) is 24.3 Å². The van der Waals surface area contributed by atoms with Gasteiger partial charge in [-0.2, -0.15) is 0 Å². The highest BCUT2D eigenvalue weighted by molar-refractivity contribution is 6.30. The van der Waals surface area contributed by atoms with E-state index in [1.807, 2.05) is 0 Å². The second-order valence-electron chi connectivity index (χ2n) is 4.60. The third-order valence-electron chi connectivity index (χ3n) is 3.18. The third kappa shape index (κ3) is 3.62. The Bertz CT molecular complexity index is 407. The molecule has 1 saturated heterocycles. The number of halogens is 1. The maximum atomic E-state index is 11.8. The Morgan fingerprint density at radius 1 is 1.39 bits per heavy atom. The van der Waals surface area contributed by atoms with Gasteiger partial charge in [0.05, 0.1) is 0 Å². The van der Waals surface area contributed by atoms with E-state index in [1.54, 1.807) is 24.3 Å². The normalized spacial score (nSPS) is 23.4. The van der Waals surface area contributed by atoms with Crippen LogP contribution in [0.1, 0.15) is 19.8 Å². The van der Waals surface area contributed by atoms with Gasteiger partial charge in [0.15, 0.2) is 0 Å². The van der Waals surface area contributed by atoms with Gasteiger partial charge in [0.2, 0.25) is 0 Å². The molecule has 5 heteroatoms. The number of anilines is 1. The van der Waals surface area contributed by atoms with Crippen LogP contribution >= 0.6 is 11.6 Å². The second kappa shape index (κ2) is 6.07. The van der Waals surface area contributed by atoms with Crippen molar-refractivity contribution < 1.29 is 4.79 Å². The molecule has 2 atom stereocenters. The summed E-state index contributed by atoms with van der Waals surface area (Å²) in [7, 11) is 0. The van der Waals surface area contributed by atoms with Gasteiger partial charge in [-0.15, -0.1) is 0 Å². The molecule has 4 nitrogen and oxygen atoms in total. The van der Waals surface area contributed by atoms with Crippen molar-refractivity contribution in [1.29, 1.82) is 0 Å². The molecule has 1 aliphatic heterocycles. The summed E-state index contributed by atoms with van der Waals surface area (Å²) in [5.41, 5.74) is 0.744. The molecule has 2 unspecified atom stereocenters. The maximum absolute atomic E-state index is 11.8. The lowest BCUT2D eigenvalue weighted by Gasteiger charge is -2.30. The molecule has 1 aromatic carbocycles. The standard InChI is InChI=1S/C13H18ClN3O/c1-9-12(3-2-8-15-9)17-13(18)16-11-6-4-10(14)5-7-11/h4-7,9,12,15H,2-3,8H2,1H3,(H2,16,17,18). The van der Waals surface area contributed by atoms with E-state index in [1.165, 1.54) is 0 Å². The van der Waals surface area contributed by atoms with Crippen molar-refractivity contribution in [2.45, 2.75) is 31.8 Å². The molecule has 1 fully saturated rings. The zero-order valence-electron chi connectivity index (χ0n) is 10.4. The summed E-state index contributed by atoms with van der Waals surface area (Å²) in [6.45, 7) is 3.12. The van der Waals surface area contributed by atoms with E-state index in [-0.39, 0.29) is 12.1 Å². The van der Waals surface area contributed by atoms with Gasteiger partial charge >= 0.3 is 6.03 Å². The number of rotatable bonds is 2. The second-order valence-corrected chi connectivity index (χ2v) is 5.03. The zero-order valence-corrected chi connectivity index (χ0v) is 11.1. The first kappa shape index (κ1) is 13.2. The molecule has 0 radical (unpaired) electrons. The fourth-order valence-corrected chi connectivity index (χ4v) is 2.24. The molecular formula is C13H18ClN3O. The molecule has 1 heterocycles. The molecule has 0 aliphatic carbocycles. The van der Waals surface area contributed by atoms with E-state index >= 15 is 0 Å². The number of carbonyl (C=O) groups is 1. The van der Waals surface area contributed by atoms with Crippen molar-refractivity contribution in [2.24, 2.45) is 0 Å². The SMILES string of the molecule is CC1NCCCC1NC(=O)Nc1ccc(Cl)cc1. The van der Waals surface area contributed by atoms with Crippen molar-refractivity contribution in [3.8, 4) is 0 Å². The molecule has 2 amide bonds. The highest BCUT2D eigenvalue weighted by atomic mass is 35.5. The van der Waals surface area contributed by atoms with E-state index in [2.05, 4.69) is 22.9 Å². The number of nitrogens with one attached hydrogen (secondary N) is 3. The Morgan fingerprint density at radius 3 is 2.78 bits per heavy atom. The summed E-state index contributed by atoms with van der Waals surface area (Å²) in [5, 5.41) is 9.79. The van der Waals surface area contributed by atoms with Crippen molar-refractivity contribution in [1.82, 2.24) is 10.6 Å². The highest BCUT2D eigenvalue weighted by Crippen LogP contribution is 2.13. The predicted octanol–water partition coefficient (Wildman–Crippen LogP) is 2.60. The van der Waals surface area contributed by atoms with Crippen LogP contribution in [-0.4, -0.2) is 24.7 Å². The number of amides is 2. The molecule has 0 aromatic heterocycles. The van der Waals surface area contributed by atoms with E-state index in [9.17, 15) is 4.79 Å². The first-order chi connectivity index (χ1) is 8.65. The predicted molar refractivity (Wildman–Crippen MR) is 74.1 cm³/mol. The molecular weight excluding hydrogens is 250 g/mol. The quantitative estimate of drug-likeness (QED) is 0.772. The van der Waals surface area contributed by atoms with Crippen LogP contribution in [-0.2, 0) is 0 Å². The number of hydrogen-bond acceptors (Lipinski definition) is 2. The minimum atomic E-state index is -0.169. The fourth-order valence-electron chi connectivity index (χ4n) is 2.11. The Hall–Kier alpha value is -1.26. The minimum Gasteiger partial charge on any atom is -0.334 e. The highest BCUT2D eigenvalue weighted by Gasteiger charge is 2.22. The van der Waals surface area contributed by atoms with Crippen LogP contribution in [0.5, 0.6) is 0 Å². The van der Waals surface area contributed by atoms with Crippen LogP contribution in [0.4, 0.5) is 10.5 Å². The van der Waals surface area contributed by atoms with Crippen molar-refractivity contribution in [2.75, 3.05) is 11.9 Å². The molecule has 2 rings (SSSR count). The average Bonchev–Trinajstić information content (AvgIpc) is 2.35. The van der Waals surface area contributed by atoms with Crippen molar-refractivity contribution >= 4 is 23.3 Å². The fraction of sp³-hybridized carbons (Fsp3) is 0.462. The van der Waals surface area contributed by atoms with Crippen molar-refractivity contribution in [3.63, 3.8) is 0 Å². The molecule has 0 spiro atoms. The van der Waals surface area contributed by atoms with Gasteiger partial charge in [-0.3, -0.25) is 0 Å². The summed E-state index contributed by atoms with van der Waals surface area (Å²) in [5.74, 6) is 0. The van der Waals surface area contributed by atoms with E-state index < -0.39 is 0 Å². The number of benzene rings is 1. The smallest absolute Gasteiger partial charge is 0.319 e. The lowest BCUT2D eigenvalue weighted by Crippen LogP contribution is -2.52. The minimum absolute atomic E-state index is 0.169. The van der Waals surface area contributed by atoms with Gasteiger partial charge in [-0.25, -0.2) is 4.79 Å². The Balaban J connectivity index is 1.86. The Kier molecular flexibility index (Phi) is 4.44. The monoisotopic (exact) mass is 267 g/mol. The van der Waals surface area contributed by atoms with Crippen molar-refractivity contribution in [3.05, 3.63) is 29.3 Å². The molecule has 3 N–H and O–H groups in total. The number of hydrogen-bond donors (Lipinski definition) is 3. The van der Waals surface area contributed by atoms with Crippen LogP contribution in [0.25, 0.3) is 0 Å². The maximum Gasteiger partial charge on any atom is 0.319 e. The molecule has 98 valence electrons. The lowest BCUT2D eigenvalue weighted by molar-refractivity contribution is 0.239. The first-order valence-corrected chi connectivity index (χ1v) is 6.59. The van der Waals surface area contributed by atoms with Gasteiger partial charge < -0.3 is 16.0 Å². The Labute approximate surface area is 112 Å². The summed E-state index contributed by atoms with van der Waals surface area (Å²) in [6, 6.07) is 7.40. The van der Waals surface area contributed by atoms with Crippen LogP contribution < -0.4 is 16.0 Å². The third-order valence-corrected chi connectivity index (χ3v) is 3.43. The van der Waals surface area contributed by atoms with E-state index in [0.29, 0.717) is 11.1 Å². The summed E-state index contributed by atoms with van der Waals surface area (Å²) >= 11 is 5.79. The molecule has 1 aromatic rings. The molecule has 18 heavy (non-hydrogen) atoms. The van der Waals surface area contributed by atoms with Crippen LogP contribution in [0.3, 0.4) is 0 Å². The van der Waals surface area contributed by atoms with Crippen LogP contribution in [0.2, 0.25) is 5.02 Å². The molecule has 0 bridgehead atoms. The molecule has 0 saturated carbocycles. The summed E-state index contributed by atoms with van der Waals surface area (Å²) in [4.78, 5) is 11.8. The van der Waals surface area contributed by atoms with E-state index in [0.717, 1.165) is 25.1 Å². The molecule has 1 aliphatic rings. The van der Waals surface area contributed by atoms with Crippen LogP contribution in [0, 0.1) is 0 Å². The number of carbonyl (C=O) groups excluding carboxylic acids is 1. The largest absolute Gasteiger partial charge is 0.334 e. The summed E-state index contributed by atoms with van der Waals surface area (Å²) < 4.78 is 0. The summed E-state index contributed by atoms with van der Waals surface area (Å²) in [6.07, 6.45) is 2.11. The van der Waals surface area contributed by atoms with E-state index in [4.69, 9.17) is 11.6 Å². The Morgan fingerprint density at radius 2 is 2.11 bits per heavy atom. The van der Waals surface area contributed by atoms with Gasteiger partial charge in [0.1, 0.15) is 0 Å². The van der Waals surface area contributed by atoms with Gasteiger partial charge in [0.25, 0.3) is 0 Å². The average molecular weight is 268 g/mol. The van der Waals surface area contributed by atoms with Gasteiger partial charge in [0, 0.05) is 22.8 Å². The first-order valence-electron chi connectivity index (χ1n) is 6.21.